The fourth-order valence-corrected chi connectivity index (χ4v) is 1.92. The molecular weight excluding hydrogens is 264 g/mol. The lowest BCUT2D eigenvalue weighted by Crippen LogP contribution is -2.27. The molecule has 2 amide bonds. The fourth-order valence-electron chi connectivity index (χ4n) is 1.92. The summed E-state index contributed by atoms with van der Waals surface area (Å²) in [5.41, 5.74) is 2.91. The highest BCUT2D eigenvalue weighted by Crippen LogP contribution is 2.25. The lowest BCUT2D eigenvalue weighted by Gasteiger charge is -2.13. The number of rotatable bonds is 4. The van der Waals surface area contributed by atoms with Gasteiger partial charge in [-0.25, -0.2) is 4.79 Å². The minimum absolute atomic E-state index is 0.140. The summed E-state index contributed by atoms with van der Waals surface area (Å²) < 4.78 is 5.44. The molecular formula is C17H20N2O2. The molecule has 2 aromatic carbocycles. The Kier molecular flexibility index (Phi) is 4.82. The van der Waals surface area contributed by atoms with Gasteiger partial charge in [-0.15, -0.1) is 0 Å². The largest absolute Gasteiger partial charge is 0.494 e. The fraction of sp³-hybridized carbons (Fsp3) is 0.235. The van der Waals surface area contributed by atoms with Gasteiger partial charge in [0.25, 0.3) is 0 Å². The van der Waals surface area contributed by atoms with Gasteiger partial charge in [0.1, 0.15) is 5.75 Å². The van der Waals surface area contributed by atoms with Crippen molar-refractivity contribution in [2.24, 2.45) is 0 Å². The third kappa shape index (κ3) is 3.99. The Bertz CT molecular complexity index is 606. The van der Waals surface area contributed by atoms with E-state index in [0.29, 0.717) is 6.61 Å². The molecule has 0 fully saturated rings. The van der Waals surface area contributed by atoms with Gasteiger partial charge < -0.3 is 15.0 Å². The van der Waals surface area contributed by atoms with Gasteiger partial charge in [-0.05, 0) is 42.3 Å². The van der Waals surface area contributed by atoms with E-state index in [1.807, 2.05) is 55.5 Å². The topological polar surface area (TPSA) is 41.6 Å². The van der Waals surface area contributed by atoms with Crippen molar-refractivity contribution in [2.45, 2.75) is 6.92 Å². The summed E-state index contributed by atoms with van der Waals surface area (Å²) in [6.07, 6.45) is 0. The van der Waals surface area contributed by atoms with Gasteiger partial charge >= 0.3 is 6.03 Å². The van der Waals surface area contributed by atoms with Crippen LogP contribution in [0, 0.1) is 0 Å². The molecule has 0 radical (unpaired) electrons. The molecule has 4 heteroatoms. The van der Waals surface area contributed by atoms with E-state index in [4.69, 9.17) is 4.74 Å². The van der Waals surface area contributed by atoms with E-state index in [2.05, 4.69) is 5.32 Å². The average Bonchev–Trinajstić information content (AvgIpc) is 2.48. The minimum Gasteiger partial charge on any atom is -0.494 e. The summed E-state index contributed by atoms with van der Waals surface area (Å²) >= 11 is 0. The molecule has 0 spiro atoms. The highest BCUT2D eigenvalue weighted by atomic mass is 16.5. The molecule has 0 unspecified atom stereocenters. The zero-order chi connectivity index (χ0) is 15.2. The SMILES string of the molecule is CCOc1ccc(-c2cccc(NC(=O)N(C)C)c2)cc1. The maximum Gasteiger partial charge on any atom is 0.321 e. The second kappa shape index (κ2) is 6.79. The Labute approximate surface area is 125 Å². The molecule has 0 aliphatic rings. The summed E-state index contributed by atoms with van der Waals surface area (Å²) in [6.45, 7) is 2.62. The van der Waals surface area contributed by atoms with Crippen LogP contribution in [-0.4, -0.2) is 31.6 Å². The average molecular weight is 284 g/mol. The number of amides is 2. The molecule has 4 nitrogen and oxygen atoms in total. The molecule has 0 saturated heterocycles. The second-order valence-electron chi connectivity index (χ2n) is 4.86. The number of anilines is 1. The monoisotopic (exact) mass is 284 g/mol. The number of nitrogens with zero attached hydrogens (tertiary/aromatic N) is 1. The van der Waals surface area contributed by atoms with Gasteiger partial charge in [0.2, 0.25) is 0 Å². The summed E-state index contributed by atoms with van der Waals surface area (Å²) in [5, 5.41) is 2.85. The first-order valence-electron chi connectivity index (χ1n) is 6.91. The molecule has 0 aromatic heterocycles. The number of benzene rings is 2. The Hall–Kier alpha value is -2.49. The zero-order valence-corrected chi connectivity index (χ0v) is 12.6. The maximum atomic E-state index is 11.7. The lowest BCUT2D eigenvalue weighted by atomic mass is 10.1. The van der Waals surface area contributed by atoms with E-state index in [1.165, 1.54) is 4.90 Å². The Balaban J connectivity index is 2.18. The van der Waals surface area contributed by atoms with Gasteiger partial charge in [-0.2, -0.15) is 0 Å². The van der Waals surface area contributed by atoms with E-state index >= 15 is 0 Å². The number of urea groups is 1. The number of nitrogens with one attached hydrogen (secondary N) is 1. The number of hydrogen-bond donors (Lipinski definition) is 1. The molecule has 0 aliphatic heterocycles. The smallest absolute Gasteiger partial charge is 0.321 e. The molecule has 2 aromatic rings. The molecule has 110 valence electrons. The first kappa shape index (κ1) is 14.9. The number of ether oxygens (including phenoxy) is 1. The number of carbonyl (C=O) groups is 1. The predicted octanol–water partition coefficient (Wildman–Crippen LogP) is 3.85. The van der Waals surface area contributed by atoms with Crippen molar-refractivity contribution in [3.05, 3.63) is 48.5 Å². The van der Waals surface area contributed by atoms with Crippen molar-refractivity contribution in [2.75, 3.05) is 26.0 Å². The standard InChI is InChI=1S/C17H20N2O2/c1-4-21-16-10-8-13(9-11-16)14-6-5-7-15(12-14)18-17(20)19(2)3/h5-12H,4H2,1-3H3,(H,18,20). The molecule has 0 bridgehead atoms. The van der Waals surface area contributed by atoms with Crippen molar-refractivity contribution < 1.29 is 9.53 Å². The van der Waals surface area contributed by atoms with E-state index in [0.717, 1.165) is 22.6 Å². The van der Waals surface area contributed by atoms with Crippen LogP contribution in [-0.2, 0) is 0 Å². The zero-order valence-electron chi connectivity index (χ0n) is 12.6. The summed E-state index contributed by atoms with van der Waals surface area (Å²) in [4.78, 5) is 13.2. The van der Waals surface area contributed by atoms with E-state index in [1.54, 1.807) is 14.1 Å². The maximum absolute atomic E-state index is 11.7. The molecule has 0 atom stereocenters. The van der Waals surface area contributed by atoms with Crippen LogP contribution in [0.15, 0.2) is 48.5 Å². The van der Waals surface area contributed by atoms with Crippen molar-refractivity contribution in [3.8, 4) is 16.9 Å². The van der Waals surface area contributed by atoms with Crippen LogP contribution >= 0.6 is 0 Å². The van der Waals surface area contributed by atoms with Crippen molar-refractivity contribution in [3.63, 3.8) is 0 Å². The van der Waals surface area contributed by atoms with E-state index in [-0.39, 0.29) is 6.03 Å². The second-order valence-corrected chi connectivity index (χ2v) is 4.86. The Morgan fingerprint density at radius 1 is 1.10 bits per heavy atom. The van der Waals surface area contributed by atoms with Crippen LogP contribution in [0.2, 0.25) is 0 Å². The highest BCUT2D eigenvalue weighted by Gasteiger charge is 2.05. The van der Waals surface area contributed by atoms with Crippen molar-refractivity contribution >= 4 is 11.7 Å². The first-order chi connectivity index (χ1) is 10.1. The van der Waals surface area contributed by atoms with Crippen molar-refractivity contribution in [1.29, 1.82) is 0 Å². The van der Waals surface area contributed by atoms with Gasteiger partial charge in [-0.1, -0.05) is 24.3 Å². The third-order valence-corrected chi connectivity index (χ3v) is 3.02. The lowest BCUT2D eigenvalue weighted by molar-refractivity contribution is 0.230. The number of hydrogen-bond acceptors (Lipinski definition) is 2. The molecule has 0 saturated carbocycles. The van der Waals surface area contributed by atoms with E-state index in [9.17, 15) is 4.79 Å². The van der Waals surface area contributed by atoms with E-state index < -0.39 is 0 Å². The molecule has 0 aliphatic carbocycles. The minimum atomic E-state index is -0.140. The summed E-state index contributed by atoms with van der Waals surface area (Å²) in [6, 6.07) is 15.6. The molecule has 21 heavy (non-hydrogen) atoms. The van der Waals surface area contributed by atoms with Crippen LogP contribution < -0.4 is 10.1 Å². The normalized spacial score (nSPS) is 10.0. The van der Waals surface area contributed by atoms with Crippen LogP contribution in [0.1, 0.15) is 6.92 Å². The quantitative estimate of drug-likeness (QED) is 0.926. The van der Waals surface area contributed by atoms with Gasteiger partial charge in [0.15, 0.2) is 0 Å². The summed E-state index contributed by atoms with van der Waals surface area (Å²) in [7, 11) is 3.43. The Morgan fingerprint density at radius 3 is 2.43 bits per heavy atom. The van der Waals surface area contributed by atoms with Crippen LogP contribution in [0.3, 0.4) is 0 Å². The molecule has 2 rings (SSSR count). The summed E-state index contributed by atoms with van der Waals surface area (Å²) in [5.74, 6) is 0.860. The van der Waals surface area contributed by atoms with Crippen molar-refractivity contribution in [1.82, 2.24) is 4.90 Å². The van der Waals surface area contributed by atoms with Gasteiger partial charge in [0, 0.05) is 19.8 Å². The van der Waals surface area contributed by atoms with Crippen LogP contribution in [0.25, 0.3) is 11.1 Å². The third-order valence-electron chi connectivity index (χ3n) is 3.02. The molecule has 0 heterocycles. The number of carbonyl (C=O) groups excluding carboxylic acids is 1. The Morgan fingerprint density at radius 2 is 1.81 bits per heavy atom. The van der Waals surface area contributed by atoms with Crippen LogP contribution in [0.4, 0.5) is 10.5 Å². The first-order valence-corrected chi connectivity index (χ1v) is 6.91. The molecule has 1 N–H and O–H groups in total. The van der Waals surface area contributed by atoms with Crippen LogP contribution in [0.5, 0.6) is 5.75 Å². The highest BCUT2D eigenvalue weighted by molar-refractivity contribution is 5.89. The predicted molar refractivity (Wildman–Crippen MR) is 85.8 cm³/mol. The van der Waals surface area contributed by atoms with Gasteiger partial charge in [-0.3, -0.25) is 0 Å². The van der Waals surface area contributed by atoms with Gasteiger partial charge in [0.05, 0.1) is 6.61 Å².